The van der Waals surface area contributed by atoms with Crippen LogP contribution in [0.3, 0.4) is 0 Å². The number of benzene rings is 2. The SMILES string of the molecule is Cc1ccc(CNc2ncnc(NNC(=O)Cc3ccc([N+](=O)[O-])cc3)c2[N+](=O)[O-])cc1. The number of non-ortho nitro benzene ring substituents is 1. The van der Waals surface area contributed by atoms with Crippen molar-refractivity contribution in [3.63, 3.8) is 0 Å². The minimum absolute atomic E-state index is 0.00214. The van der Waals surface area contributed by atoms with Gasteiger partial charge in [0.15, 0.2) is 0 Å². The molecule has 0 atom stereocenters. The monoisotopic (exact) mass is 437 g/mol. The molecule has 32 heavy (non-hydrogen) atoms. The van der Waals surface area contributed by atoms with E-state index in [2.05, 4.69) is 26.1 Å². The topological polar surface area (TPSA) is 165 Å². The van der Waals surface area contributed by atoms with Gasteiger partial charge in [0, 0.05) is 18.7 Å². The van der Waals surface area contributed by atoms with E-state index in [0.29, 0.717) is 12.1 Å². The highest BCUT2D eigenvalue weighted by Crippen LogP contribution is 2.28. The van der Waals surface area contributed by atoms with E-state index in [0.717, 1.165) is 17.5 Å². The van der Waals surface area contributed by atoms with Crippen molar-refractivity contribution < 1.29 is 14.6 Å². The van der Waals surface area contributed by atoms with Gasteiger partial charge in [-0.05, 0) is 18.1 Å². The van der Waals surface area contributed by atoms with Gasteiger partial charge in [-0.1, -0.05) is 42.0 Å². The lowest BCUT2D eigenvalue weighted by Crippen LogP contribution is -2.31. The average Bonchev–Trinajstić information content (AvgIpc) is 2.77. The van der Waals surface area contributed by atoms with Crippen LogP contribution in [0.15, 0.2) is 54.9 Å². The number of amides is 1. The van der Waals surface area contributed by atoms with Gasteiger partial charge in [0.1, 0.15) is 6.33 Å². The fourth-order valence-electron chi connectivity index (χ4n) is 2.76. The lowest BCUT2D eigenvalue weighted by molar-refractivity contribution is -0.384. The van der Waals surface area contributed by atoms with Gasteiger partial charge in [-0.15, -0.1) is 0 Å². The molecule has 2 aromatic carbocycles. The maximum atomic E-state index is 12.2. The molecule has 3 N–H and O–H groups in total. The van der Waals surface area contributed by atoms with Gasteiger partial charge in [-0.2, -0.15) is 0 Å². The summed E-state index contributed by atoms with van der Waals surface area (Å²) in [5.74, 6) is -0.702. The molecule has 1 heterocycles. The first-order valence-electron chi connectivity index (χ1n) is 9.40. The van der Waals surface area contributed by atoms with Gasteiger partial charge in [-0.3, -0.25) is 35.9 Å². The molecule has 3 rings (SSSR count). The van der Waals surface area contributed by atoms with Crippen molar-refractivity contribution in [1.82, 2.24) is 15.4 Å². The Labute approximate surface area is 182 Å². The molecule has 12 heteroatoms. The molecule has 0 fully saturated rings. The Morgan fingerprint density at radius 2 is 1.53 bits per heavy atom. The highest BCUT2D eigenvalue weighted by Gasteiger charge is 2.23. The van der Waals surface area contributed by atoms with Crippen molar-refractivity contribution >= 4 is 28.9 Å². The summed E-state index contributed by atoms with van der Waals surface area (Å²) in [6, 6.07) is 13.1. The molecule has 164 valence electrons. The third-order valence-electron chi connectivity index (χ3n) is 4.42. The molecule has 0 spiro atoms. The standard InChI is InChI=1S/C20H19N7O5/c1-13-2-4-15(5-3-13)11-21-19-18(27(31)32)20(23-12-22-19)25-24-17(28)10-14-6-8-16(9-7-14)26(29)30/h2-9,12H,10-11H2,1H3,(H,24,28)(H2,21,22,23,25). The van der Waals surface area contributed by atoms with Crippen molar-refractivity contribution in [3.8, 4) is 0 Å². The van der Waals surface area contributed by atoms with Crippen LogP contribution in [0.2, 0.25) is 0 Å². The first-order valence-corrected chi connectivity index (χ1v) is 9.40. The molecule has 1 aromatic heterocycles. The van der Waals surface area contributed by atoms with Gasteiger partial charge in [-0.25, -0.2) is 9.97 Å². The number of anilines is 2. The summed E-state index contributed by atoms with van der Waals surface area (Å²) >= 11 is 0. The van der Waals surface area contributed by atoms with Crippen LogP contribution in [0.25, 0.3) is 0 Å². The maximum absolute atomic E-state index is 12.2. The molecule has 0 saturated carbocycles. The van der Waals surface area contributed by atoms with Gasteiger partial charge in [0.05, 0.1) is 16.3 Å². The second-order valence-electron chi connectivity index (χ2n) is 6.79. The van der Waals surface area contributed by atoms with Crippen molar-refractivity contribution in [3.05, 3.63) is 91.8 Å². The van der Waals surface area contributed by atoms with Crippen molar-refractivity contribution in [2.75, 3.05) is 10.7 Å². The molecule has 12 nitrogen and oxygen atoms in total. The second-order valence-corrected chi connectivity index (χ2v) is 6.79. The van der Waals surface area contributed by atoms with Crippen molar-refractivity contribution in [2.24, 2.45) is 0 Å². The number of nitrogens with one attached hydrogen (secondary N) is 3. The van der Waals surface area contributed by atoms with Crippen molar-refractivity contribution in [1.29, 1.82) is 0 Å². The molecule has 0 aliphatic carbocycles. The van der Waals surface area contributed by atoms with E-state index in [1.165, 1.54) is 24.3 Å². The zero-order chi connectivity index (χ0) is 23.1. The third kappa shape index (κ3) is 5.72. The van der Waals surface area contributed by atoms with Crippen LogP contribution in [-0.4, -0.2) is 25.7 Å². The van der Waals surface area contributed by atoms with Crippen LogP contribution in [0, 0.1) is 27.2 Å². The number of nitro groups is 2. The number of hydrogen-bond donors (Lipinski definition) is 3. The highest BCUT2D eigenvalue weighted by molar-refractivity contribution is 5.81. The summed E-state index contributed by atoms with van der Waals surface area (Å²) < 4.78 is 0. The molecule has 0 aliphatic heterocycles. The van der Waals surface area contributed by atoms with E-state index in [1.54, 1.807) is 0 Å². The predicted molar refractivity (Wildman–Crippen MR) is 116 cm³/mol. The first kappa shape index (κ1) is 22.1. The summed E-state index contributed by atoms with van der Waals surface area (Å²) in [7, 11) is 0. The molecule has 3 aromatic rings. The fraction of sp³-hybridized carbons (Fsp3) is 0.150. The first-order chi connectivity index (χ1) is 15.3. The molecule has 0 aliphatic rings. The summed E-state index contributed by atoms with van der Waals surface area (Å²) in [5, 5.41) is 25.2. The quantitative estimate of drug-likeness (QED) is 0.337. The van der Waals surface area contributed by atoms with E-state index in [9.17, 15) is 25.0 Å². The Hall–Kier alpha value is -4.61. The molecule has 1 amide bonds. The lowest BCUT2D eigenvalue weighted by Gasteiger charge is -2.11. The average molecular weight is 437 g/mol. The zero-order valence-electron chi connectivity index (χ0n) is 16.9. The summed E-state index contributed by atoms with van der Waals surface area (Å²) in [6.07, 6.45) is 1.04. The molecule has 0 saturated heterocycles. The van der Waals surface area contributed by atoms with E-state index in [4.69, 9.17) is 0 Å². The number of carbonyl (C=O) groups excluding carboxylic acids is 1. The number of hydrazine groups is 1. The number of nitro benzene ring substituents is 1. The number of nitrogens with zero attached hydrogens (tertiary/aromatic N) is 4. The number of carbonyl (C=O) groups is 1. The number of aryl methyl sites for hydroxylation is 1. The Morgan fingerprint density at radius 3 is 2.16 bits per heavy atom. The summed E-state index contributed by atoms with van der Waals surface area (Å²) in [4.78, 5) is 41.1. The minimum atomic E-state index is -0.651. The van der Waals surface area contributed by atoms with Crippen LogP contribution in [-0.2, 0) is 17.8 Å². The third-order valence-corrected chi connectivity index (χ3v) is 4.42. The number of rotatable bonds is 9. The minimum Gasteiger partial charge on any atom is -0.360 e. The van der Waals surface area contributed by atoms with Crippen molar-refractivity contribution in [2.45, 2.75) is 19.9 Å². The van der Waals surface area contributed by atoms with E-state index in [-0.39, 0.29) is 23.7 Å². The van der Waals surface area contributed by atoms with Crippen LogP contribution in [0.1, 0.15) is 16.7 Å². The predicted octanol–water partition coefficient (Wildman–Crippen LogP) is 2.90. The Balaban J connectivity index is 1.65. The van der Waals surface area contributed by atoms with E-state index in [1.807, 2.05) is 31.2 Å². The number of hydrogen-bond acceptors (Lipinski definition) is 9. The summed E-state index contributed by atoms with van der Waals surface area (Å²) in [6.45, 7) is 2.27. The van der Waals surface area contributed by atoms with E-state index >= 15 is 0 Å². The zero-order valence-corrected chi connectivity index (χ0v) is 16.9. The highest BCUT2D eigenvalue weighted by atomic mass is 16.6. The number of aromatic nitrogens is 2. The van der Waals surface area contributed by atoms with Gasteiger partial charge in [0.2, 0.25) is 17.5 Å². The summed E-state index contributed by atoms with van der Waals surface area (Å²) in [5.41, 5.74) is 6.82. The van der Waals surface area contributed by atoms with Crippen LogP contribution in [0.4, 0.5) is 23.0 Å². The van der Waals surface area contributed by atoms with Gasteiger partial charge in [0.25, 0.3) is 5.69 Å². The molecule has 0 bridgehead atoms. The van der Waals surface area contributed by atoms with Crippen LogP contribution in [0.5, 0.6) is 0 Å². The van der Waals surface area contributed by atoms with Gasteiger partial charge >= 0.3 is 5.69 Å². The molecule has 0 unspecified atom stereocenters. The van der Waals surface area contributed by atoms with Crippen LogP contribution < -0.4 is 16.2 Å². The smallest absolute Gasteiger partial charge is 0.354 e. The Bertz CT molecular complexity index is 1130. The molecular weight excluding hydrogens is 418 g/mol. The fourth-order valence-corrected chi connectivity index (χ4v) is 2.76. The molecule has 0 radical (unpaired) electrons. The largest absolute Gasteiger partial charge is 0.360 e. The normalized spacial score (nSPS) is 10.3. The molecular formula is C20H19N7O5. The maximum Gasteiger partial charge on any atom is 0.354 e. The van der Waals surface area contributed by atoms with E-state index < -0.39 is 21.4 Å². The van der Waals surface area contributed by atoms with Gasteiger partial charge < -0.3 is 5.32 Å². The lowest BCUT2D eigenvalue weighted by atomic mass is 10.1. The Morgan fingerprint density at radius 1 is 0.906 bits per heavy atom. The second kappa shape index (κ2) is 9.93. The Kier molecular flexibility index (Phi) is 6.85. The van der Waals surface area contributed by atoms with Crippen LogP contribution >= 0.6 is 0 Å².